The summed E-state index contributed by atoms with van der Waals surface area (Å²) >= 11 is 2.71. The van der Waals surface area contributed by atoms with Crippen molar-refractivity contribution in [2.45, 2.75) is 18.6 Å². The fraction of sp³-hybridized carbons (Fsp3) is 0.174. The highest BCUT2D eigenvalue weighted by molar-refractivity contribution is 7.99. The van der Waals surface area contributed by atoms with Gasteiger partial charge in [-0.25, -0.2) is 4.98 Å². The van der Waals surface area contributed by atoms with Crippen molar-refractivity contribution in [1.82, 2.24) is 9.55 Å². The smallest absolute Gasteiger partial charge is 0.272 e. The van der Waals surface area contributed by atoms with E-state index in [9.17, 15) is 9.59 Å². The van der Waals surface area contributed by atoms with Gasteiger partial charge in [0.2, 0.25) is 5.91 Å². The Morgan fingerprint density at radius 2 is 1.90 bits per heavy atom. The Morgan fingerprint density at radius 1 is 1.16 bits per heavy atom. The van der Waals surface area contributed by atoms with E-state index >= 15 is 0 Å². The van der Waals surface area contributed by atoms with Crippen LogP contribution in [0.3, 0.4) is 0 Å². The highest BCUT2D eigenvalue weighted by atomic mass is 32.2. The zero-order valence-corrected chi connectivity index (χ0v) is 18.8. The van der Waals surface area contributed by atoms with Gasteiger partial charge in [0.15, 0.2) is 5.16 Å². The van der Waals surface area contributed by atoms with Crippen LogP contribution in [0.4, 0.5) is 5.69 Å². The predicted molar refractivity (Wildman–Crippen MR) is 127 cm³/mol. The second-order valence-electron chi connectivity index (χ2n) is 6.70. The number of rotatable bonds is 7. The van der Waals surface area contributed by atoms with Gasteiger partial charge < -0.3 is 10.1 Å². The molecule has 0 spiro atoms. The van der Waals surface area contributed by atoms with Crippen molar-refractivity contribution >= 4 is 44.9 Å². The first-order valence-corrected chi connectivity index (χ1v) is 11.6. The normalized spacial score (nSPS) is 10.9. The maximum absolute atomic E-state index is 13.0. The minimum Gasteiger partial charge on any atom is -0.497 e. The van der Waals surface area contributed by atoms with Gasteiger partial charge in [0.25, 0.3) is 5.56 Å². The summed E-state index contributed by atoms with van der Waals surface area (Å²) < 4.78 is 7.38. The Bertz CT molecular complexity index is 1270. The molecule has 0 aliphatic rings. The van der Waals surface area contributed by atoms with Crippen molar-refractivity contribution < 1.29 is 9.53 Å². The van der Waals surface area contributed by atoms with E-state index in [1.165, 1.54) is 23.1 Å². The largest absolute Gasteiger partial charge is 0.497 e. The molecular formula is C23H21N3O3S2. The lowest BCUT2D eigenvalue weighted by atomic mass is 10.2. The summed E-state index contributed by atoms with van der Waals surface area (Å²) in [5.41, 5.74) is 2.34. The van der Waals surface area contributed by atoms with Gasteiger partial charge in [-0.15, -0.1) is 11.3 Å². The van der Waals surface area contributed by atoms with E-state index in [0.29, 0.717) is 27.6 Å². The number of ether oxygens (including phenoxy) is 1. The average Bonchev–Trinajstić information content (AvgIpc) is 3.23. The van der Waals surface area contributed by atoms with Crippen LogP contribution in [-0.2, 0) is 11.3 Å². The molecule has 1 amide bonds. The lowest BCUT2D eigenvalue weighted by Gasteiger charge is -2.10. The van der Waals surface area contributed by atoms with Gasteiger partial charge in [0.1, 0.15) is 10.4 Å². The molecule has 4 rings (SSSR count). The van der Waals surface area contributed by atoms with E-state index in [4.69, 9.17) is 9.72 Å². The first-order chi connectivity index (χ1) is 15.1. The van der Waals surface area contributed by atoms with Crippen molar-refractivity contribution in [1.29, 1.82) is 0 Å². The molecule has 0 unspecified atom stereocenters. The number of aromatic nitrogens is 2. The Hall–Kier alpha value is -3.10. The number of hydrogen-bond acceptors (Lipinski definition) is 6. The number of anilines is 1. The molecule has 0 fully saturated rings. The molecular weight excluding hydrogens is 430 g/mol. The minimum absolute atomic E-state index is 0.0715. The lowest BCUT2D eigenvalue weighted by molar-refractivity contribution is -0.113. The standard InChI is InChI=1S/C23H21N3O3S2/c1-3-26-22(28)21-18(13-19(31-21)15-7-5-4-6-8-15)25-23(26)30-14-20(27)24-16-9-11-17(29-2)12-10-16/h4-13H,3,14H2,1-2H3,(H,24,27). The van der Waals surface area contributed by atoms with E-state index in [0.717, 1.165) is 16.2 Å². The third-order valence-electron chi connectivity index (χ3n) is 4.68. The summed E-state index contributed by atoms with van der Waals surface area (Å²) in [6, 6.07) is 19.0. The Balaban J connectivity index is 1.55. The number of carbonyl (C=O) groups is 1. The zero-order chi connectivity index (χ0) is 21.8. The minimum atomic E-state index is -0.164. The van der Waals surface area contributed by atoms with Crippen LogP contribution in [0, 0.1) is 0 Å². The number of fused-ring (bicyclic) bond motifs is 1. The predicted octanol–water partition coefficient (Wildman–Crippen LogP) is 4.88. The number of benzene rings is 2. The molecule has 1 N–H and O–H groups in total. The van der Waals surface area contributed by atoms with Crippen molar-refractivity contribution in [3.63, 3.8) is 0 Å². The molecule has 31 heavy (non-hydrogen) atoms. The van der Waals surface area contributed by atoms with Gasteiger partial charge in [-0.3, -0.25) is 14.2 Å². The van der Waals surface area contributed by atoms with Crippen molar-refractivity contribution in [2.75, 3.05) is 18.2 Å². The van der Waals surface area contributed by atoms with Gasteiger partial charge in [-0.2, -0.15) is 0 Å². The monoisotopic (exact) mass is 451 g/mol. The Kier molecular flexibility index (Phi) is 6.39. The molecule has 158 valence electrons. The molecule has 8 heteroatoms. The highest BCUT2D eigenvalue weighted by Crippen LogP contribution is 2.32. The highest BCUT2D eigenvalue weighted by Gasteiger charge is 2.16. The number of amides is 1. The summed E-state index contributed by atoms with van der Waals surface area (Å²) in [5, 5.41) is 3.39. The Labute approximate surface area is 187 Å². The fourth-order valence-corrected chi connectivity index (χ4v) is 5.04. The summed E-state index contributed by atoms with van der Waals surface area (Å²) in [4.78, 5) is 31.1. The van der Waals surface area contributed by atoms with Crippen LogP contribution >= 0.6 is 23.1 Å². The van der Waals surface area contributed by atoms with Crippen LogP contribution in [0.5, 0.6) is 5.75 Å². The molecule has 2 aromatic carbocycles. The molecule has 2 aromatic heterocycles. The van der Waals surface area contributed by atoms with Crippen molar-refractivity contribution in [2.24, 2.45) is 0 Å². The maximum atomic E-state index is 13.0. The molecule has 4 aromatic rings. The zero-order valence-electron chi connectivity index (χ0n) is 17.1. The average molecular weight is 452 g/mol. The second-order valence-corrected chi connectivity index (χ2v) is 8.69. The number of hydrogen-bond donors (Lipinski definition) is 1. The topological polar surface area (TPSA) is 73.2 Å². The van der Waals surface area contributed by atoms with E-state index in [1.54, 1.807) is 35.9 Å². The quantitative estimate of drug-likeness (QED) is 0.320. The Morgan fingerprint density at radius 3 is 2.58 bits per heavy atom. The first kappa shape index (κ1) is 21.1. The van der Waals surface area contributed by atoms with Gasteiger partial charge in [0.05, 0.1) is 18.4 Å². The first-order valence-electron chi connectivity index (χ1n) is 9.75. The molecule has 0 aliphatic heterocycles. The third-order valence-corrected chi connectivity index (χ3v) is 6.82. The number of thiophene rings is 1. The third kappa shape index (κ3) is 4.65. The molecule has 0 saturated heterocycles. The van der Waals surface area contributed by atoms with Gasteiger partial charge >= 0.3 is 0 Å². The van der Waals surface area contributed by atoms with Crippen LogP contribution < -0.4 is 15.6 Å². The van der Waals surface area contributed by atoms with Crippen LogP contribution in [0.15, 0.2) is 70.6 Å². The fourth-order valence-electron chi connectivity index (χ4n) is 3.13. The van der Waals surface area contributed by atoms with Gasteiger partial charge in [-0.1, -0.05) is 42.1 Å². The van der Waals surface area contributed by atoms with Crippen molar-refractivity contribution in [3.05, 3.63) is 71.0 Å². The summed E-state index contributed by atoms with van der Waals surface area (Å²) in [5.74, 6) is 0.713. The lowest BCUT2D eigenvalue weighted by Crippen LogP contribution is -2.22. The number of methoxy groups -OCH3 is 1. The summed E-state index contributed by atoms with van der Waals surface area (Å²) in [6.45, 7) is 2.39. The van der Waals surface area contributed by atoms with Crippen LogP contribution in [0.25, 0.3) is 20.7 Å². The van der Waals surface area contributed by atoms with E-state index in [2.05, 4.69) is 5.32 Å². The number of nitrogens with one attached hydrogen (secondary N) is 1. The summed E-state index contributed by atoms with van der Waals surface area (Å²) in [7, 11) is 1.59. The molecule has 0 radical (unpaired) electrons. The second kappa shape index (κ2) is 9.36. The van der Waals surface area contributed by atoms with E-state index < -0.39 is 0 Å². The van der Waals surface area contributed by atoms with Gasteiger partial charge in [0, 0.05) is 17.1 Å². The van der Waals surface area contributed by atoms with Crippen molar-refractivity contribution in [3.8, 4) is 16.2 Å². The van der Waals surface area contributed by atoms with Crippen LogP contribution in [-0.4, -0.2) is 28.3 Å². The molecule has 2 heterocycles. The van der Waals surface area contributed by atoms with Crippen LogP contribution in [0.2, 0.25) is 0 Å². The maximum Gasteiger partial charge on any atom is 0.272 e. The number of nitrogens with zero attached hydrogens (tertiary/aromatic N) is 2. The molecule has 0 saturated carbocycles. The molecule has 0 aliphatic carbocycles. The molecule has 0 atom stereocenters. The molecule has 0 bridgehead atoms. The SMILES string of the molecule is CCn1c(SCC(=O)Nc2ccc(OC)cc2)nc2cc(-c3ccccc3)sc2c1=O. The molecule has 6 nitrogen and oxygen atoms in total. The van der Waals surface area contributed by atoms with Crippen LogP contribution in [0.1, 0.15) is 6.92 Å². The number of carbonyl (C=O) groups excluding carboxylic acids is 1. The summed E-state index contributed by atoms with van der Waals surface area (Å²) in [6.07, 6.45) is 0. The van der Waals surface area contributed by atoms with E-state index in [-0.39, 0.29) is 17.2 Å². The number of thioether (sulfide) groups is 1. The van der Waals surface area contributed by atoms with E-state index in [1.807, 2.05) is 43.3 Å². The van der Waals surface area contributed by atoms with Gasteiger partial charge in [-0.05, 0) is 42.8 Å².